The van der Waals surface area contributed by atoms with E-state index in [4.69, 9.17) is 5.73 Å². The van der Waals surface area contributed by atoms with Crippen LogP contribution >= 0.6 is 0 Å². The number of hydrogen-bond acceptors (Lipinski definition) is 1. The summed E-state index contributed by atoms with van der Waals surface area (Å²) in [5.74, 6) is 0. The largest absolute Gasteiger partial charge is 0.328 e. The molecular formula is C9H21N. The molecule has 0 aliphatic rings. The van der Waals surface area contributed by atoms with Crippen LogP contribution in [0.15, 0.2) is 0 Å². The lowest BCUT2D eigenvalue weighted by atomic mass is 10.1. The molecule has 0 aliphatic heterocycles. The zero-order chi connectivity index (χ0) is 7.82. The van der Waals surface area contributed by atoms with Crippen LogP contribution in [0.5, 0.6) is 0 Å². The lowest BCUT2D eigenvalue weighted by Gasteiger charge is -2.08. The summed E-state index contributed by atoms with van der Waals surface area (Å²) in [6, 6.07) is 0.472. The quantitative estimate of drug-likeness (QED) is 0.608. The third-order valence-corrected chi connectivity index (χ3v) is 1.86. The molecule has 2 N–H and O–H groups in total. The Kier molecular flexibility index (Phi) is 7.04. The first kappa shape index (κ1) is 9.96. The lowest BCUT2D eigenvalue weighted by Crippen LogP contribution is -2.19. The highest BCUT2D eigenvalue weighted by molar-refractivity contribution is 4.59. The van der Waals surface area contributed by atoms with Crippen LogP contribution in [0.1, 0.15) is 52.4 Å². The lowest BCUT2D eigenvalue weighted by molar-refractivity contribution is 0.520. The maximum atomic E-state index is 5.85. The van der Waals surface area contributed by atoms with E-state index in [2.05, 4.69) is 13.8 Å². The molecule has 10 heavy (non-hydrogen) atoms. The average Bonchev–Trinajstić information content (AvgIpc) is 1.97. The van der Waals surface area contributed by atoms with Crippen LogP contribution in [0.2, 0.25) is 0 Å². The molecule has 0 bridgehead atoms. The molecule has 0 saturated heterocycles. The molecule has 0 atom stereocenters. The molecule has 62 valence electrons. The van der Waals surface area contributed by atoms with Gasteiger partial charge in [0.25, 0.3) is 0 Å². The van der Waals surface area contributed by atoms with Crippen molar-refractivity contribution in [2.24, 2.45) is 5.73 Å². The third-order valence-electron chi connectivity index (χ3n) is 1.86. The van der Waals surface area contributed by atoms with Crippen LogP contribution in [0, 0.1) is 0 Å². The summed E-state index contributed by atoms with van der Waals surface area (Å²) in [4.78, 5) is 0. The Balaban J connectivity index is 3.00. The Morgan fingerprint density at radius 2 is 1.40 bits per heavy atom. The minimum atomic E-state index is 0.472. The Morgan fingerprint density at radius 3 is 1.70 bits per heavy atom. The van der Waals surface area contributed by atoms with Gasteiger partial charge in [-0.15, -0.1) is 0 Å². The van der Waals surface area contributed by atoms with Crippen LogP contribution in [0.4, 0.5) is 0 Å². The molecule has 0 amide bonds. The van der Waals surface area contributed by atoms with E-state index in [1.54, 1.807) is 0 Å². The van der Waals surface area contributed by atoms with Gasteiger partial charge < -0.3 is 5.73 Å². The van der Waals surface area contributed by atoms with Crippen molar-refractivity contribution in [2.45, 2.75) is 58.4 Å². The van der Waals surface area contributed by atoms with E-state index in [-0.39, 0.29) is 0 Å². The van der Waals surface area contributed by atoms with Crippen molar-refractivity contribution in [3.05, 3.63) is 0 Å². The van der Waals surface area contributed by atoms with Crippen LogP contribution in [-0.2, 0) is 0 Å². The summed E-state index contributed by atoms with van der Waals surface area (Å²) in [5, 5.41) is 0. The van der Waals surface area contributed by atoms with Crippen LogP contribution in [0.25, 0.3) is 0 Å². The maximum absolute atomic E-state index is 5.85. The van der Waals surface area contributed by atoms with Gasteiger partial charge in [0.15, 0.2) is 0 Å². The first-order valence-electron chi connectivity index (χ1n) is 4.56. The Morgan fingerprint density at radius 1 is 1.00 bits per heavy atom. The van der Waals surface area contributed by atoms with Gasteiger partial charge in [-0.25, -0.2) is 0 Å². The van der Waals surface area contributed by atoms with Crippen molar-refractivity contribution >= 4 is 0 Å². The fourth-order valence-corrected chi connectivity index (χ4v) is 1.08. The zero-order valence-corrected chi connectivity index (χ0v) is 7.40. The molecule has 1 nitrogen and oxygen atoms in total. The normalized spacial score (nSPS) is 10.8. The number of hydrogen-bond donors (Lipinski definition) is 1. The SMILES string of the molecule is CCCCC(N)CCCC. The second-order valence-electron chi connectivity index (χ2n) is 3.04. The first-order chi connectivity index (χ1) is 4.81. The Hall–Kier alpha value is -0.0400. The van der Waals surface area contributed by atoms with Crippen molar-refractivity contribution in [1.82, 2.24) is 0 Å². The fraction of sp³-hybridized carbons (Fsp3) is 1.00. The molecule has 0 heterocycles. The van der Waals surface area contributed by atoms with Crippen molar-refractivity contribution in [3.8, 4) is 0 Å². The standard InChI is InChI=1S/C9H21N/c1-3-5-7-9(10)8-6-4-2/h9H,3-8,10H2,1-2H3. The van der Waals surface area contributed by atoms with E-state index >= 15 is 0 Å². The van der Waals surface area contributed by atoms with Gasteiger partial charge in [0.05, 0.1) is 0 Å². The van der Waals surface area contributed by atoms with Gasteiger partial charge in [-0.05, 0) is 12.8 Å². The highest BCUT2D eigenvalue weighted by atomic mass is 14.6. The summed E-state index contributed by atoms with van der Waals surface area (Å²) >= 11 is 0. The maximum Gasteiger partial charge on any atom is 0.00388 e. The molecule has 0 unspecified atom stereocenters. The van der Waals surface area contributed by atoms with E-state index < -0.39 is 0 Å². The number of unbranched alkanes of at least 4 members (excludes halogenated alkanes) is 2. The summed E-state index contributed by atoms with van der Waals surface area (Å²) in [5.41, 5.74) is 5.85. The predicted octanol–water partition coefficient (Wildman–Crippen LogP) is 2.69. The number of nitrogens with two attached hydrogens (primary N) is 1. The van der Waals surface area contributed by atoms with E-state index in [1.807, 2.05) is 0 Å². The zero-order valence-electron chi connectivity index (χ0n) is 7.40. The van der Waals surface area contributed by atoms with Crippen LogP contribution in [0.3, 0.4) is 0 Å². The summed E-state index contributed by atoms with van der Waals surface area (Å²) in [6.45, 7) is 4.43. The summed E-state index contributed by atoms with van der Waals surface area (Å²) in [6.07, 6.45) is 7.59. The Labute approximate surface area is 65.0 Å². The van der Waals surface area contributed by atoms with E-state index in [1.165, 1.54) is 38.5 Å². The smallest absolute Gasteiger partial charge is 0.00388 e. The van der Waals surface area contributed by atoms with Crippen molar-refractivity contribution < 1.29 is 0 Å². The van der Waals surface area contributed by atoms with Gasteiger partial charge in [0, 0.05) is 6.04 Å². The van der Waals surface area contributed by atoms with Gasteiger partial charge in [0.2, 0.25) is 0 Å². The molecule has 0 aromatic rings. The topological polar surface area (TPSA) is 26.0 Å². The third kappa shape index (κ3) is 6.09. The first-order valence-corrected chi connectivity index (χ1v) is 4.56. The van der Waals surface area contributed by atoms with E-state index in [0.717, 1.165) is 0 Å². The molecule has 0 aromatic carbocycles. The van der Waals surface area contributed by atoms with E-state index in [0.29, 0.717) is 6.04 Å². The summed E-state index contributed by atoms with van der Waals surface area (Å²) in [7, 11) is 0. The van der Waals surface area contributed by atoms with Gasteiger partial charge in [-0.1, -0.05) is 39.5 Å². The summed E-state index contributed by atoms with van der Waals surface area (Å²) < 4.78 is 0. The van der Waals surface area contributed by atoms with Crippen molar-refractivity contribution in [3.63, 3.8) is 0 Å². The second kappa shape index (κ2) is 7.07. The van der Waals surface area contributed by atoms with Gasteiger partial charge >= 0.3 is 0 Å². The minimum Gasteiger partial charge on any atom is -0.328 e. The fourth-order valence-electron chi connectivity index (χ4n) is 1.08. The molecule has 1 heteroatoms. The van der Waals surface area contributed by atoms with Crippen LogP contribution in [-0.4, -0.2) is 6.04 Å². The molecule has 0 spiro atoms. The molecule has 0 saturated carbocycles. The predicted molar refractivity (Wildman–Crippen MR) is 47.0 cm³/mol. The highest BCUT2D eigenvalue weighted by Crippen LogP contribution is 2.05. The molecular weight excluding hydrogens is 122 g/mol. The van der Waals surface area contributed by atoms with Crippen molar-refractivity contribution in [2.75, 3.05) is 0 Å². The van der Waals surface area contributed by atoms with Crippen LogP contribution < -0.4 is 5.73 Å². The molecule has 0 aliphatic carbocycles. The van der Waals surface area contributed by atoms with Gasteiger partial charge in [-0.2, -0.15) is 0 Å². The molecule has 0 radical (unpaired) electrons. The molecule has 0 fully saturated rings. The van der Waals surface area contributed by atoms with E-state index in [9.17, 15) is 0 Å². The minimum absolute atomic E-state index is 0.472. The van der Waals surface area contributed by atoms with Crippen molar-refractivity contribution in [1.29, 1.82) is 0 Å². The highest BCUT2D eigenvalue weighted by Gasteiger charge is 1.99. The number of rotatable bonds is 6. The second-order valence-corrected chi connectivity index (χ2v) is 3.04. The average molecular weight is 143 g/mol. The molecule has 0 rings (SSSR count). The van der Waals surface area contributed by atoms with Gasteiger partial charge in [-0.3, -0.25) is 0 Å². The monoisotopic (exact) mass is 143 g/mol. The Bertz CT molecular complexity index is 53.7. The molecule has 0 aromatic heterocycles. The van der Waals surface area contributed by atoms with Gasteiger partial charge in [0.1, 0.15) is 0 Å².